The predicted molar refractivity (Wildman–Crippen MR) is 62.4 cm³/mol. The summed E-state index contributed by atoms with van der Waals surface area (Å²) in [4.78, 5) is 14.9. The van der Waals surface area contributed by atoms with Crippen LogP contribution in [0.25, 0.3) is 16.8 Å². The molecule has 1 N–H and O–H groups in total. The minimum Gasteiger partial charge on any atom is -0.475 e. The predicted octanol–water partition coefficient (Wildman–Crippen LogP) is 2.00. The largest absolute Gasteiger partial charge is 0.475 e. The van der Waals surface area contributed by atoms with Gasteiger partial charge in [0.1, 0.15) is 5.69 Å². The van der Waals surface area contributed by atoms with Crippen molar-refractivity contribution in [2.24, 2.45) is 0 Å². The molecular formula is C12H9N3O3. The molecule has 0 bridgehead atoms. The average Bonchev–Trinajstić information content (AvgIpc) is 2.92. The molecule has 3 rings (SSSR count). The first-order chi connectivity index (χ1) is 8.68. The van der Waals surface area contributed by atoms with Gasteiger partial charge in [-0.2, -0.15) is 0 Å². The molecule has 3 aromatic heterocycles. The van der Waals surface area contributed by atoms with Crippen LogP contribution in [0.2, 0.25) is 0 Å². The molecule has 0 saturated carbocycles. The third-order valence-corrected chi connectivity index (χ3v) is 2.84. The summed E-state index contributed by atoms with van der Waals surface area (Å²) in [6.45, 7) is 1.68. The lowest BCUT2D eigenvalue weighted by atomic mass is 10.1. The average molecular weight is 243 g/mol. The van der Waals surface area contributed by atoms with E-state index in [0.29, 0.717) is 11.3 Å². The summed E-state index contributed by atoms with van der Waals surface area (Å²) in [5.74, 6) is -1.24. The Balaban J connectivity index is 2.24. The smallest absolute Gasteiger partial charge is 0.375 e. The van der Waals surface area contributed by atoms with Crippen LogP contribution in [-0.2, 0) is 0 Å². The molecule has 0 radical (unpaired) electrons. The molecule has 6 heteroatoms. The van der Waals surface area contributed by atoms with E-state index in [9.17, 15) is 4.79 Å². The van der Waals surface area contributed by atoms with Crippen molar-refractivity contribution in [2.75, 3.05) is 0 Å². The highest BCUT2D eigenvalue weighted by atomic mass is 16.5. The first-order valence-electron chi connectivity index (χ1n) is 5.29. The Morgan fingerprint density at radius 1 is 1.44 bits per heavy atom. The lowest BCUT2D eigenvalue weighted by Gasteiger charge is -1.96. The summed E-state index contributed by atoms with van der Waals surface area (Å²) < 4.78 is 6.69. The van der Waals surface area contributed by atoms with Gasteiger partial charge in [0.05, 0.1) is 11.8 Å². The van der Waals surface area contributed by atoms with Gasteiger partial charge < -0.3 is 14.0 Å². The normalized spacial score (nSPS) is 10.9. The summed E-state index contributed by atoms with van der Waals surface area (Å²) in [6, 6.07) is 3.69. The number of carboxylic acid groups (broad SMARTS) is 1. The maximum Gasteiger partial charge on any atom is 0.375 e. The topological polar surface area (TPSA) is 80.6 Å². The van der Waals surface area contributed by atoms with Crippen LogP contribution in [0.15, 0.2) is 35.4 Å². The maximum atomic E-state index is 10.9. The van der Waals surface area contributed by atoms with E-state index in [1.54, 1.807) is 19.4 Å². The number of hydrogen-bond acceptors (Lipinski definition) is 4. The molecule has 0 aliphatic carbocycles. The van der Waals surface area contributed by atoms with Crippen LogP contribution in [0, 0.1) is 6.92 Å². The summed E-state index contributed by atoms with van der Waals surface area (Å²) in [6.07, 6.45) is 5.19. The molecular weight excluding hydrogens is 234 g/mol. The van der Waals surface area contributed by atoms with Gasteiger partial charge in [-0.15, -0.1) is 0 Å². The Hall–Kier alpha value is -2.63. The summed E-state index contributed by atoms with van der Waals surface area (Å²) >= 11 is 0. The molecule has 18 heavy (non-hydrogen) atoms. The number of carbonyl (C=O) groups is 1. The van der Waals surface area contributed by atoms with Gasteiger partial charge >= 0.3 is 5.97 Å². The number of carboxylic acids is 1. The van der Waals surface area contributed by atoms with Gasteiger partial charge in [-0.1, -0.05) is 5.16 Å². The zero-order valence-corrected chi connectivity index (χ0v) is 9.49. The molecule has 0 fully saturated rings. The molecule has 3 aromatic rings. The summed E-state index contributed by atoms with van der Waals surface area (Å²) in [7, 11) is 0. The fraction of sp³-hybridized carbons (Fsp3) is 0.0833. The van der Waals surface area contributed by atoms with Crippen LogP contribution in [0.4, 0.5) is 0 Å². The lowest BCUT2D eigenvalue weighted by Crippen LogP contribution is -1.95. The van der Waals surface area contributed by atoms with Gasteiger partial charge in [0, 0.05) is 23.5 Å². The van der Waals surface area contributed by atoms with Crippen molar-refractivity contribution in [1.82, 2.24) is 14.5 Å². The van der Waals surface area contributed by atoms with E-state index >= 15 is 0 Å². The Morgan fingerprint density at radius 3 is 3.00 bits per heavy atom. The number of aromatic nitrogens is 3. The zero-order valence-electron chi connectivity index (χ0n) is 9.49. The number of rotatable bonds is 2. The molecule has 90 valence electrons. The maximum absolute atomic E-state index is 10.9. The van der Waals surface area contributed by atoms with Crippen LogP contribution in [0.1, 0.15) is 16.1 Å². The van der Waals surface area contributed by atoms with Crippen LogP contribution in [0.3, 0.4) is 0 Å². The fourth-order valence-electron chi connectivity index (χ4n) is 1.95. The van der Waals surface area contributed by atoms with Gasteiger partial charge in [-0.25, -0.2) is 9.78 Å². The van der Waals surface area contributed by atoms with Gasteiger partial charge in [0.25, 0.3) is 0 Å². The fourth-order valence-corrected chi connectivity index (χ4v) is 1.95. The summed E-state index contributed by atoms with van der Waals surface area (Å²) in [5.41, 5.74) is 2.79. The van der Waals surface area contributed by atoms with E-state index in [2.05, 4.69) is 10.1 Å². The first kappa shape index (κ1) is 10.5. The molecule has 0 spiro atoms. The van der Waals surface area contributed by atoms with Crippen molar-refractivity contribution < 1.29 is 14.4 Å². The van der Waals surface area contributed by atoms with Crippen LogP contribution >= 0.6 is 0 Å². The first-order valence-corrected chi connectivity index (χ1v) is 5.29. The van der Waals surface area contributed by atoms with Gasteiger partial charge in [0.2, 0.25) is 5.76 Å². The number of nitrogens with zero attached hydrogens (tertiary/aromatic N) is 3. The van der Waals surface area contributed by atoms with E-state index in [1.807, 2.05) is 22.7 Å². The molecule has 6 nitrogen and oxygen atoms in total. The highest BCUT2D eigenvalue weighted by Gasteiger charge is 2.20. The van der Waals surface area contributed by atoms with Gasteiger partial charge in [-0.05, 0) is 19.1 Å². The Bertz CT molecular complexity index is 742. The monoisotopic (exact) mass is 243 g/mol. The Kier molecular flexibility index (Phi) is 2.16. The molecule has 0 saturated heterocycles. The number of fused-ring (bicyclic) bond motifs is 1. The quantitative estimate of drug-likeness (QED) is 0.744. The number of hydrogen-bond donors (Lipinski definition) is 1. The third kappa shape index (κ3) is 1.39. The van der Waals surface area contributed by atoms with Crippen molar-refractivity contribution in [3.63, 3.8) is 0 Å². The number of aromatic carboxylic acids is 1. The van der Waals surface area contributed by atoms with Crippen LogP contribution in [0.5, 0.6) is 0 Å². The van der Waals surface area contributed by atoms with Crippen molar-refractivity contribution in [2.45, 2.75) is 6.92 Å². The van der Waals surface area contributed by atoms with Gasteiger partial charge in [0.15, 0.2) is 0 Å². The molecule has 0 amide bonds. The Labute approximate surface area is 101 Å². The highest BCUT2D eigenvalue weighted by Crippen LogP contribution is 2.28. The van der Waals surface area contributed by atoms with E-state index in [0.717, 1.165) is 11.1 Å². The van der Waals surface area contributed by atoms with E-state index in [4.69, 9.17) is 9.63 Å². The molecule has 0 atom stereocenters. The van der Waals surface area contributed by atoms with E-state index in [-0.39, 0.29) is 5.76 Å². The van der Waals surface area contributed by atoms with Crippen molar-refractivity contribution in [1.29, 1.82) is 0 Å². The third-order valence-electron chi connectivity index (χ3n) is 2.84. The SMILES string of the molecule is Cc1c(-c2ccn3cnccc23)noc1C(=O)O. The second-order valence-electron chi connectivity index (χ2n) is 3.89. The second-order valence-corrected chi connectivity index (χ2v) is 3.89. The highest BCUT2D eigenvalue weighted by molar-refractivity contribution is 5.90. The Morgan fingerprint density at radius 2 is 2.28 bits per heavy atom. The van der Waals surface area contributed by atoms with Crippen molar-refractivity contribution in [3.05, 3.63) is 42.2 Å². The molecule has 3 heterocycles. The molecule has 0 aliphatic rings. The standard InChI is InChI=1S/C12H9N3O3/c1-7-10(14-18-11(7)12(16)17)8-3-5-15-6-13-4-2-9(8)15/h2-6H,1H3,(H,16,17). The minimum absolute atomic E-state index is 0.126. The van der Waals surface area contributed by atoms with Crippen molar-refractivity contribution in [3.8, 4) is 11.3 Å². The van der Waals surface area contributed by atoms with Crippen LogP contribution < -0.4 is 0 Å². The molecule has 0 aliphatic heterocycles. The summed E-state index contributed by atoms with van der Waals surface area (Å²) in [5, 5.41) is 12.8. The lowest BCUT2D eigenvalue weighted by molar-refractivity contribution is 0.0651. The van der Waals surface area contributed by atoms with E-state index < -0.39 is 5.97 Å². The molecule has 0 aromatic carbocycles. The van der Waals surface area contributed by atoms with Crippen molar-refractivity contribution >= 4 is 11.5 Å². The minimum atomic E-state index is -1.11. The zero-order chi connectivity index (χ0) is 12.7. The van der Waals surface area contributed by atoms with E-state index in [1.165, 1.54) is 0 Å². The second kappa shape index (κ2) is 3.69. The molecule has 0 unspecified atom stereocenters. The van der Waals surface area contributed by atoms with Gasteiger partial charge in [-0.3, -0.25) is 0 Å². The van der Waals surface area contributed by atoms with Crippen LogP contribution in [-0.4, -0.2) is 25.6 Å².